The Labute approximate surface area is 222 Å². The van der Waals surface area contributed by atoms with E-state index in [4.69, 9.17) is 4.98 Å². The predicted octanol–water partition coefficient (Wildman–Crippen LogP) is 3.51. The smallest absolute Gasteiger partial charge is 0.261 e. The molecule has 1 aromatic heterocycles. The molecule has 0 unspecified atom stereocenters. The molecule has 0 aliphatic carbocycles. The largest absolute Gasteiger partial charge is 0.367 e. The molecule has 1 N–H and O–H groups in total. The lowest BCUT2D eigenvalue weighted by Gasteiger charge is -2.34. The molecular formula is C29H35FN6O2. The molecule has 9 heteroatoms. The van der Waals surface area contributed by atoms with Crippen molar-refractivity contribution in [2.75, 3.05) is 64.1 Å². The molecule has 2 aliphatic rings. The number of nitrogens with one attached hydrogen (secondary N) is 1. The molecule has 2 aromatic carbocycles. The molecule has 0 atom stereocenters. The molecule has 1 saturated heterocycles. The number of carbonyl (C=O) groups is 1. The third kappa shape index (κ3) is 5.63. The van der Waals surface area contributed by atoms with E-state index < -0.39 is 0 Å². The van der Waals surface area contributed by atoms with E-state index in [0.29, 0.717) is 41.8 Å². The number of aromatic nitrogens is 2. The first-order valence-corrected chi connectivity index (χ1v) is 13.2. The third-order valence-corrected chi connectivity index (χ3v) is 7.30. The van der Waals surface area contributed by atoms with Crippen LogP contribution in [-0.4, -0.2) is 79.1 Å². The Morgan fingerprint density at radius 3 is 2.55 bits per heavy atom. The number of benzene rings is 2. The maximum atomic E-state index is 15.0. The van der Waals surface area contributed by atoms with Gasteiger partial charge in [-0.25, -0.2) is 9.37 Å². The van der Waals surface area contributed by atoms with Gasteiger partial charge in [-0.05, 0) is 82.0 Å². The maximum absolute atomic E-state index is 15.0. The number of fused-ring (bicyclic) bond motifs is 2. The number of hydrogen-bond donors (Lipinski definition) is 1. The predicted molar refractivity (Wildman–Crippen MR) is 151 cm³/mol. The molecule has 38 heavy (non-hydrogen) atoms. The van der Waals surface area contributed by atoms with Crippen molar-refractivity contribution in [1.82, 2.24) is 19.4 Å². The van der Waals surface area contributed by atoms with Gasteiger partial charge in [0.25, 0.3) is 5.56 Å². The van der Waals surface area contributed by atoms with Gasteiger partial charge in [-0.1, -0.05) is 12.1 Å². The van der Waals surface area contributed by atoms with Gasteiger partial charge in [0.15, 0.2) is 0 Å². The van der Waals surface area contributed by atoms with Gasteiger partial charge in [-0.15, -0.1) is 0 Å². The zero-order valence-electron chi connectivity index (χ0n) is 22.3. The minimum Gasteiger partial charge on any atom is -0.367 e. The molecular weight excluding hydrogens is 483 g/mol. The van der Waals surface area contributed by atoms with Crippen LogP contribution in [0.5, 0.6) is 0 Å². The van der Waals surface area contributed by atoms with Gasteiger partial charge in [0.1, 0.15) is 11.6 Å². The minimum absolute atomic E-state index is 0.00510. The number of amides is 1. The highest BCUT2D eigenvalue weighted by atomic mass is 19.1. The van der Waals surface area contributed by atoms with E-state index in [9.17, 15) is 9.59 Å². The van der Waals surface area contributed by atoms with Crippen molar-refractivity contribution >= 4 is 39.8 Å². The molecule has 0 spiro atoms. The van der Waals surface area contributed by atoms with Crippen LogP contribution in [0.25, 0.3) is 22.6 Å². The summed E-state index contributed by atoms with van der Waals surface area (Å²) in [6.07, 6.45) is 4.00. The molecule has 3 heterocycles. The number of halogens is 1. The van der Waals surface area contributed by atoms with Gasteiger partial charge < -0.3 is 20.0 Å². The Balaban J connectivity index is 1.37. The van der Waals surface area contributed by atoms with E-state index in [1.807, 2.05) is 49.3 Å². The summed E-state index contributed by atoms with van der Waals surface area (Å²) < 4.78 is 16.7. The molecule has 2 aliphatic heterocycles. The van der Waals surface area contributed by atoms with Crippen LogP contribution in [0.3, 0.4) is 0 Å². The Kier molecular flexibility index (Phi) is 7.58. The number of nitrogens with zero attached hydrogens (tertiary/aromatic N) is 5. The third-order valence-electron chi connectivity index (χ3n) is 7.30. The van der Waals surface area contributed by atoms with Crippen LogP contribution in [-0.2, 0) is 11.3 Å². The van der Waals surface area contributed by atoms with Crippen LogP contribution in [0.1, 0.15) is 30.7 Å². The van der Waals surface area contributed by atoms with Gasteiger partial charge in [-0.3, -0.25) is 14.2 Å². The Morgan fingerprint density at radius 1 is 1.11 bits per heavy atom. The number of likely N-dealkylation sites (N-methyl/N-ethyl adjacent to an activating group) is 1. The molecule has 1 amide bonds. The van der Waals surface area contributed by atoms with E-state index in [0.717, 1.165) is 56.0 Å². The summed E-state index contributed by atoms with van der Waals surface area (Å²) in [5, 5.41) is 3.26. The first-order valence-electron chi connectivity index (χ1n) is 13.2. The fourth-order valence-corrected chi connectivity index (χ4v) is 5.10. The molecule has 0 saturated carbocycles. The number of anilines is 2. The summed E-state index contributed by atoms with van der Waals surface area (Å²) in [5.74, 6) is 0.266. The summed E-state index contributed by atoms with van der Waals surface area (Å²) in [4.78, 5) is 36.6. The second-order valence-corrected chi connectivity index (χ2v) is 10.5. The van der Waals surface area contributed by atoms with E-state index in [2.05, 4.69) is 22.2 Å². The van der Waals surface area contributed by atoms with Crippen LogP contribution in [0.4, 0.5) is 15.8 Å². The minimum atomic E-state index is -0.375. The van der Waals surface area contributed by atoms with Crippen LogP contribution in [0, 0.1) is 5.82 Å². The van der Waals surface area contributed by atoms with Gasteiger partial charge in [0.05, 0.1) is 16.6 Å². The molecule has 1 fully saturated rings. The van der Waals surface area contributed by atoms with Crippen molar-refractivity contribution in [3.63, 3.8) is 0 Å². The van der Waals surface area contributed by atoms with Crippen LogP contribution in [0.2, 0.25) is 0 Å². The average molecular weight is 519 g/mol. The molecule has 3 aromatic rings. The second-order valence-electron chi connectivity index (χ2n) is 10.5. The second kappa shape index (κ2) is 11.0. The summed E-state index contributed by atoms with van der Waals surface area (Å²) in [6, 6.07) is 10.7. The van der Waals surface area contributed by atoms with Gasteiger partial charge in [0, 0.05) is 44.8 Å². The van der Waals surface area contributed by atoms with E-state index in [1.165, 1.54) is 6.07 Å². The quantitative estimate of drug-likeness (QED) is 0.516. The highest BCUT2D eigenvalue weighted by Crippen LogP contribution is 2.30. The highest BCUT2D eigenvalue weighted by Gasteiger charge is 2.24. The zero-order valence-corrected chi connectivity index (χ0v) is 22.3. The molecule has 0 bridgehead atoms. The Morgan fingerprint density at radius 2 is 1.84 bits per heavy atom. The molecule has 5 rings (SSSR count). The molecule has 200 valence electrons. The van der Waals surface area contributed by atoms with Crippen molar-refractivity contribution in [1.29, 1.82) is 0 Å². The first kappa shape index (κ1) is 26.1. The van der Waals surface area contributed by atoms with Crippen LogP contribution < -0.4 is 15.8 Å². The number of allylic oxidation sites excluding steroid dienone is 1. The average Bonchev–Trinajstić information content (AvgIpc) is 3.28. The van der Waals surface area contributed by atoms with E-state index in [-0.39, 0.29) is 17.3 Å². The van der Waals surface area contributed by atoms with Gasteiger partial charge >= 0.3 is 0 Å². The van der Waals surface area contributed by atoms with Crippen molar-refractivity contribution in [3.05, 3.63) is 64.0 Å². The fourth-order valence-electron chi connectivity index (χ4n) is 5.10. The molecule has 8 nitrogen and oxygen atoms in total. The number of piperazine rings is 1. The lowest BCUT2D eigenvalue weighted by molar-refractivity contribution is -0.116. The summed E-state index contributed by atoms with van der Waals surface area (Å²) >= 11 is 0. The Hall–Kier alpha value is -3.56. The maximum Gasteiger partial charge on any atom is 0.261 e. The van der Waals surface area contributed by atoms with Crippen molar-refractivity contribution in [2.45, 2.75) is 25.8 Å². The number of rotatable bonds is 7. The van der Waals surface area contributed by atoms with Gasteiger partial charge in [0.2, 0.25) is 5.91 Å². The SMILES string of the molecule is CN(C)CCCC(=O)Nc1ccc(/C=C2\CCn3c2nc2cc(N4CCN(C)CC4)c(F)cc2c3=O)cc1. The standard InChI is InChI=1S/C29H35FN6O2/c1-33(2)11-4-5-27(37)31-22-8-6-20(7-9-22)17-21-10-12-36-28(21)32-25-19-26(24(30)18-23(25)29(36)38)35-15-13-34(3)14-16-35/h6-9,17-19H,4-5,10-16H2,1-3H3,(H,31,37)/b21-17+. The topological polar surface area (TPSA) is 73.7 Å². The lowest BCUT2D eigenvalue weighted by atomic mass is 10.1. The Bertz CT molecular complexity index is 1420. The lowest BCUT2D eigenvalue weighted by Crippen LogP contribution is -2.44. The number of hydrogen-bond acceptors (Lipinski definition) is 6. The molecule has 0 radical (unpaired) electrons. The van der Waals surface area contributed by atoms with Crippen LogP contribution in [0.15, 0.2) is 41.2 Å². The van der Waals surface area contributed by atoms with E-state index >= 15 is 4.39 Å². The van der Waals surface area contributed by atoms with Crippen LogP contribution >= 0.6 is 0 Å². The van der Waals surface area contributed by atoms with Crippen molar-refractivity contribution in [3.8, 4) is 0 Å². The van der Waals surface area contributed by atoms with E-state index in [1.54, 1.807) is 10.6 Å². The summed E-state index contributed by atoms with van der Waals surface area (Å²) in [5.41, 5.74) is 3.51. The van der Waals surface area contributed by atoms with Crippen molar-refractivity contribution in [2.24, 2.45) is 0 Å². The normalized spacial score (nSPS) is 17.0. The number of carbonyl (C=O) groups excluding carboxylic acids is 1. The summed E-state index contributed by atoms with van der Waals surface area (Å²) in [7, 11) is 6.05. The monoisotopic (exact) mass is 518 g/mol. The zero-order chi connectivity index (χ0) is 26.8. The fraction of sp³-hybridized carbons (Fsp3) is 0.414. The van der Waals surface area contributed by atoms with Crippen molar-refractivity contribution < 1.29 is 9.18 Å². The summed E-state index contributed by atoms with van der Waals surface area (Å²) in [6.45, 7) is 4.60. The highest BCUT2D eigenvalue weighted by molar-refractivity contribution is 5.91. The van der Waals surface area contributed by atoms with Gasteiger partial charge in [-0.2, -0.15) is 0 Å². The first-order chi connectivity index (χ1) is 18.3.